The van der Waals surface area contributed by atoms with Crippen LogP contribution in [-0.2, 0) is 0 Å². The van der Waals surface area contributed by atoms with Gasteiger partial charge in [0.25, 0.3) is 0 Å². The van der Waals surface area contributed by atoms with E-state index in [-0.39, 0.29) is 12.3 Å². The van der Waals surface area contributed by atoms with E-state index in [0.29, 0.717) is 0 Å². The molecule has 0 aromatic heterocycles. The molecule has 4 rings (SSSR count). The number of benzene rings is 2. The number of hydrogen-bond donors (Lipinski definition) is 0. The summed E-state index contributed by atoms with van der Waals surface area (Å²) in [6.07, 6.45) is 3.01. The predicted molar refractivity (Wildman–Crippen MR) is 100 cm³/mol. The Kier molecular flexibility index (Phi) is 4.09. The molecular formula is C20H21BrN2O. The second-order valence-corrected chi connectivity index (χ2v) is 7.47. The molecule has 0 aliphatic carbocycles. The van der Waals surface area contributed by atoms with Gasteiger partial charge in [0.2, 0.25) is 0 Å². The normalized spacial score (nSPS) is 21.8. The van der Waals surface area contributed by atoms with Crippen LogP contribution in [0.1, 0.15) is 48.9 Å². The van der Waals surface area contributed by atoms with Gasteiger partial charge in [-0.15, -0.1) is 0 Å². The molecule has 0 amide bonds. The van der Waals surface area contributed by atoms with Crippen molar-refractivity contribution in [2.24, 2.45) is 5.10 Å². The lowest BCUT2D eigenvalue weighted by Crippen LogP contribution is -2.40. The molecule has 0 bridgehead atoms. The Morgan fingerprint density at radius 1 is 1.21 bits per heavy atom. The highest BCUT2D eigenvalue weighted by Gasteiger charge is 2.39. The van der Waals surface area contributed by atoms with E-state index in [4.69, 9.17) is 9.84 Å². The minimum absolute atomic E-state index is 0.0247. The molecule has 0 fully saturated rings. The van der Waals surface area contributed by atoms with Crippen molar-refractivity contribution in [1.82, 2.24) is 5.01 Å². The Bertz CT molecular complexity index is 785. The summed E-state index contributed by atoms with van der Waals surface area (Å²) in [7, 11) is 0. The summed E-state index contributed by atoms with van der Waals surface area (Å²) in [4.78, 5) is 0. The van der Waals surface area contributed by atoms with Gasteiger partial charge in [-0.3, -0.25) is 5.01 Å². The van der Waals surface area contributed by atoms with E-state index in [9.17, 15) is 0 Å². The van der Waals surface area contributed by atoms with Gasteiger partial charge in [0.05, 0.1) is 11.8 Å². The summed E-state index contributed by atoms with van der Waals surface area (Å²) in [5.74, 6) is 0.998. The van der Waals surface area contributed by atoms with Crippen LogP contribution in [-0.4, -0.2) is 16.9 Å². The molecule has 0 N–H and O–H groups in total. The summed E-state index contributed by atoms with van der Waals surface area (Å²) in [5, 5.41) is 7.12. The maximum absolute atomic E-state index is 6.24. The van der Waals surface area contributed by atoms with Gasteiger partial charge in [-0.2, -0.15) is 5.10 Å². The minimum Gasteiger partial charge on any atom is -0.469 e. The molecule has 0 saturated heterocycles. The molecule has 0 saturated carbocycles. The molecule has 2 aliphatic rings. The number of halogens is 1. The summed E-state index contributed by atoms with van der Waals surface area (Å²) in [6.45, 7) is 4.30. The largest absolute Gasteiger partial charge is 0.469 e. The molecule has 2 aromatic carbocycles. The van der Waals surface area contributed by atoms with Gasteiger partial charge in [0.15, 0.2) is 6.23 Å². The number of nitrogens with zero attached hydrogens (tertiary/aromatic N) is 2. The smallest absolute Gasteiger partial charge is 0.187 e. The number of fused-ring (bicyclic) bond motifs is 3. The van der Waals surface area contributed by atoms with Crippen molar-refractivity contribution in [2.45, 2.75) is 45.4 Å². The molecule has 2 aromatic rings. The molecule has 2 heterocycles. The standard InChI is InChI=1S/C20H21BrN2O/c1-3-4-20-23-18(16-11-15(21)9-10-19(16)24-20)12-17(22-23)14-7-5-13(2)6-8-14/h5-11,18,20H,3-4,12H2,1-2H3/t18-,20-/m1/s1. The first-order valence-corrected chi connectivity index (χ1v) is 9.34. The lowest BCUT2D eigenvalue weighted by molar-refractivity contribution is -0.0223. The van der Waals surface area contributed by atoms with Gasteiger partial charge >= 0.3 is 0 Å². The van der Waals surface area contributed by atoms with Gasteiger partial charge in [0.1, 0.15) is 5.75 Å². The van der Waals surface area contributed by atoms with Crippen LogP contribution >= 0.6 is 15.9 Å². The zero-order chi connectivity index (χ0) is 16.7. The zero-order valence-corrected chi connectivity index (χ0v) is 15.6. The Hall–Kier alpha value is -1.81. The Morgan fingerprint density at radius 2 is 2.00 bits per heavy atom. The Morgan fingerprint density at radius 3 is 2.75 bits per heavy atom. The van der Waals surface area contributed by atoms with E-state index in [1.54, 1.807) is 0 Å². The second kappa shape index (κ2) is 6.25. The zero-order valence-electron chi connectivity index (χ0n) is 14.0. The Balaban J connectivity index is 1.72. The fourth-order valence-corrected chi connectivity index (χ4v) is 3.87. The van der Waals surface area contributed by atoms with Crippen LogP contribution in [0.15, 0.2) is 52.0 Å². The third-order valence-electron chi connectivity index (χ3n) is 4.75. The van der Waals surface area contributed by atoms with Crippen LogP contribution < -0.4 is 4.74 Å². The highest BCUT2D eigenvalue weighted by molar-refractivity contribution is 9.10. The van der Waals surface area contributed by atoms with E-state index in [1.165, 1.54) is 16.7 Å². The average Bonchev–Trinajstić information content (AvgIpc) is 3.02. The second-order valence-electron chi connectivity index (χ2n) is 6.56. The topological polar surface area (TPSA) is 24.8 Å². The molecular weight excluding hydrogens is 364 g/mol. The fourth-order valence-electron chi connectivity index (χ4n) is 3.49. The maximum atomic E-state index is 6.24. The molecule has 2 atom stereocenters. The van der Waals surface area contributed by atoms with Crippen molar-refractivity contribution in [3.8, 4) is 5.75 Å². The van der Waals surface area contributed by atoms with Crippen molar-refractivity contribution in [2.75, 3.05) is 0 Å². The van der Waals surface area contributed by atoms with Gasteiger partial charge in [-0.05, 0) is 30.7 Å². The van der Waals surface area contributed by atoms with E-state index in [0.717, 1.165) is 35.2 Å². The fraction of sp³-hybridized carbons (Fsp3) is 0.350. The van der Waals surface area contributed by atoms with Crippen LogP contribution in [0.2, 0.25) is 0 Å². The van der Waals surface area contributed by atoms with Gasteiger partial charge in [-0.1, -0.05) is 59.1 Å². The van der Waals surface area contributed by atoms with E-state index >= 15 is 0 Å². The van der Waals surface area contributed by atoms with Crippen molar-refractivity contribution in [1.29, 1.82) is 0 Å². The molecule has 24 heavy (non-hydrogen) atoms. The van der Waals surface area contributed by atoms with Gasteiger partial charge < -0.3 is 4.74 Å². The molecule has 3 nitrogen and oxygen atoms in total. The summed E-state index contributed by atoms with van der Waals surface area (Å²) in [5.41, 5.74) is 4.86. The third kappa shape index (κ3) is 2.73. The van der Waals surface area contributed by atoms with Crippen LogP contribution in [0.4, 0.5) is 0 Å². The third-order valence-corrected chi connectivity index (χ3v) is 5.24. The molecule has 124 valence electrons. The highest BCUT2D eigenvalue weighted by atomic mass is 79.9. The van der Waals surface area contributed by atoms with Crippen LogP contribution in [0, 0.1) is 6.92 Å². The van der Waals surface area contributed by atoms with E-state index in [2.05, 4.69) is 71.2 Å². The highest BCUT2D eigenvalue weighted by Crippen LogP contribution is 2.44. The first-order valence-electron chi connectivity index (χ1n) is 8.54. The van der Waals surface area contributed by atoms with Crippen molar-refractivity contribution in [3.05, 3.63) is 63.6 Å². The van der Waals surface area contributed by atoms with Crippen molar-refractivity contribution in [3.63, 3.8) is 0 Å². The minimum atomic E-state index is 0.0247. The molecule has 0 spiro atoms. The van der Waals surface area contributed by atoms with Crippen LogP contribution in [0.5, 0.6) is 5.75 Å². The molecule has 4 heteroatoms. The van der Waals surface area contributed by atoms with Gasteiger partial charge in [0, 0.05) is 22.9 Å². The van der Waals surface area contributed by atoms with Crippen molar-refractivity contribution < 1.29 is 4.74 Å². The number of aryl methyl sites for hydroxylation is 1. The quantitative estimate of drug-likeness (QED) is 0.704. The number of rotatable bonds is 3. The van der Waals surface area contributed by atoms with E-state index in [1.807, 2.05) is 6.07 Å². The summed E-state index contributed by atoms with van der Waals surface area (Å²) >= 11 is 3.59. The summed E-state index contributed by atoms with van der Waals surface area (Å²) < 4.78 is 7.33. The lowest BCUT2D eigenvalue weighted by atomic mass is 9.96. The van der Waals surface area contributed by atoms with Crippen LogP contribution in [0.25, 0.3) is 0 Å². The SMILES string of the molecule is CCC[C@H]1Oc2ccc(Br)cc2[C@H]2CC(c3ccc(C)cc3)=NN21. The lowest BCUT2D eigenvalue weighted by Gasteiger charge is -2.38. The monoisotopic (exact) mass is 384 g/mol. The van der Waals surface area contributed by atoms with E-state index < -0.39 is 0 Å². The number of ether oxygens (including phenoxy) is 1. The molecule has 2 aliphatic heterocycles. The molecule has 0 unspecified atom stereocenters. The number of hydrogen-bond acceptors (Lipinski definition) is 3. The van der Waals surface area contributed by atoms with Gasteiger partial charge in [-0.25, -0.2) is 0 Å². The first-order chi connectivity index (χ1) is 11.7. The van der Waals surface area contributed by atoms with Crippen molar-refractivity contribution >= 4 is 21.6 Å². The summed E-state index contributed by atoms with van der Waals surface area (Å²) in [6, 6.07) is 15.2. The first kappa shape index (κ1) is 15.7. The predicted octanol–water partition coefficient (Wildman–Crippen LogP) is 5.43. The maximum Gasteiger partial charge on any atom is 0.187 e. The molecule has 0 radical (unpaired) electrons. The average molecular weight is 385 g/mol. The Labute approximate surface area is 151 Å². The number of hydrazone groups is 1. The van der Waals surface area contributed by atoms with Crippen LogP contribution in [0.3, 0.4) is 0 Å².